The van der Waals surface area contributed by atoms with Gasteiger partial charge in [0, 0.05) is 32.4 Å². The Balaban J connectivity index is 1.60. The smallest absolute Gasteiger partial charge is 0.347 e. The molecule has 1 aromatic carbocycles. The molecule has 0 unspecified atom stereocenters. The molecule has 9 nitrogen and oxygen atoms in total. The number of carbonyl (C=O) groups excluding carboxylic acids is 1. The van der Waals surface area contributed by atoms with Gasteiger partial charge in [-0.05, 0) is 30.3 Å². The third-order valence-electron chi connectivity index (χ3n) is 4.90. The average molecular weight is 432 g/mol. The van der Waals surface area contributed by atoms with Crippen molar-refractivity contribution in [1.29, 1.82) is 0 Å². The highest BCUT2D eigenvalue weighted by Crippen LogP contribution is 2.25. The Hall–Kier alpha value is -3.53. The molecule has 30 heavy (non-hydrogen) atoms. The molecule has 1 saturated heterocycles. The maximum Gasteiger partial charge on any atom is 0.376 e. The fraction of sp³-hybridized carbons (Fsp3) is 0.211. The van der Waals surface area contributed by atoms with Gasteiger partial charge in [-0.3, -0.25) is 24.1 Å². The van der Waals surface area contributed by atoms with Gasteiger partial charge < -0.3 is 9.80 Å². The normalized spacial score (nSPS) is 14.2. The number of amides is 1. The number of aromatic nitrogens is 2. The lowest BCUT2D eigenvalue weighted by Crippen LogP contribution is -2.49. The van der Waals surface area contributed by atoms with Gasteiger partial charge in [-0.2, -0.15) is 0 Å². The van der Waals surface area contributed by atoms with Crippen LogP contribution in [0.3, 0.4) is 0 Å². The van der Waals surface area contributed by atoms with Crippen molar-refractivity contribution in [1.82, 2.24) is 14.3 Å². The Morgan fingerprint density at radius 2 is 1.90 bits per heavy atom. The first-order valence-electron chi connectivity index (χ1n) is 9.02. The molecule has 1 amide bonds. The molecule has 0 bridgehead atoms. The molecular weight excluding hydrogens is 417 g/mol. The molecule has 2 aromatic heterocycles. The SMILES string of the molecule is O=C(c1ccc(F)cc1Cl)N1CCN(c2nc3ccccn3c(=O)c2[N+](=O)[O-])CC1. The first-order valence-corrected chi connectivity index (χ1v) is 9.39. The van der Waals surface area contributed by atoms with Crippen LogP contribution in [-0.2, 0) is 0 Å². The number of hydrogen-bond acceptors (Lipinski definition) is 6. The number of benzene rings is 1. The number of rotatable bonds is 3. The highest BCUT2D eigenvalue weighted by Gasteiger charge is 2.31. The number of carbonyl (C=O) groups is 1. The van der Waals surface area contributed by atoms with Gasteiger partial charge in [-0.1, -0.05) is 17.7 Å². The zero-order valence-corrected chi connectivity index (χ0v) is 16.3. The topological polar surface area (TPSA) is 101 Å². The lowest BCUT2D eigenvalue weighted by atomic mass is 10.1. The van der Waals surface area contributed by atoms with Gasteiger partial charge in [-0.25, -0.2) is 9.37 Å². The van der Waals surface area contributed by atoms with E-state index in [9.17, 15) is 24.1 Å². The Kier molecular flexibility index (Phi) is 5.08. The van der Waals surface area contributed by atoms with Crippen molar-refractivity contribution in [2.75, 3.05) is 31.1 Å². The molecule has 154 valence electrons. The van der Waals surface area contributed by atoms with Crippen LogP contribution in [0.25, 0.3) is 5.65 Å². The Labute approximate surface area is 174 Å². The maximum absolute atomic E-state index is 13.2. The van der Waals surface area contributed by atoms with E-state index in [0.29, 0.717) is 5.65 Å². The molecule has 1 fully saturated rings. The molecule has 0 aliphatic carbocycles. The van der Waals surface area contributed by atoms with Crippen molar-refractivity contribution in [3.63, 3.8) is 0 Å². The zero-order chi connectivity index (χ0) is 21.4. The summed E-state index contributed by atoms with van der Waals surface area (Å²) in [5, 5.41) is 11.6. The van der Waals surface area contributed by atoms with E-state index < -0.39 is 22.0 Å². The van der Waals surface area contributed by atoms with Crippen LogP contribution in [0.5, 0.6) is 0 Å². The molecule has 1 aliphatic rings. The Morgan fingerprint density at radius 1 is 1.17 bits per heavy atom. The predicted molar refractivity (Wildman–Crippen MR) is 108 cm³/mol. The van der Waals surface area contributed by atoms with Crippen LogP contribution in [0.4, 0.5) is 15.9 Å². The van der Waals surface area contributed by atoms with Gasteiger partial charge in [0.15, 0.2) is 0 Å². The Morgan fingerprint density at radius 3 is 2.57 bits per heavy atom. The molecule has 0 radical (unpaired) electrons. The van der Waals surface area contributed by atoms with Crippen molar-refractivity contribution in [3.8, 4) is 0 Å². The van der Waals surface area contributed by atoms with E-state index in [1.165, 1.54) is 17.2 Å². The summed E-state index contributed by atoms with van der Waals surface area (Å²) in [5.74, 6) is -0.925. The third kappa shape index (κ3) is 3.45. The summed E-state index contributed by atoms with van der Waals surface area (Å²) in [4.78, 5) is 43.6. The summed E-state index contributed by atoms with van der Waals surface area (Å²) in [7, 11) is 0. The van der Waals surface area contributed by atoms with Gasteiger partial charge in [0.25, 0.3) is 5.91 Å². The molecule has 0 spiro atoms. The summed E-state index contributed by atoms with van der Waals surface area (Å²) < 4.78 is 14.4. The van der Waals surface area contributed by atoms with Crippen LogP contribution in [0, 0.1) is 15.9 Å². The monoisotopic (exact) mass is 431 g/mol. The minimum atomic E-state index is -0.766. The molecule has 4 rings (SSSR count). The summed E-state index contributed by atoms with van der Waals surface area (Å²) in [5.41, 5.74) is -0.906. The summed E-state index contributed by atoms with van der Waals surface area (Å²) in [6.45, 7) is 0.945. The summed E-state index contributed by atoms with van der Waals surface area (Å²) in [6, 6.07) is 8.41. The first-order chi connectivity index (χ1) is 14.4. The number of piperazine rings is 1. The molecule has 0 atom stereocenters. The van der Waals surface area contributed by atoms with Crippen LogP contribution in [0.2, 0.25) is 5.02 Å². The van der Waals surface area contributed by atoms with E-state index in [1.807, 2.05) is 0 Å². The second-order valence-corrected chi connectivity index (χ2v) is 7.09. The lowest BCUT2D eigenvalue weighted by Gasteiger charge is -2.35. The highest BCUT2D eigenvalue weighted by molar-refractivity contribution is 6.33. The zero-order valence-electron chi connectivity index (χ0n) is 15.5. The minimum Gasteiger partial charge on any atom is -0.347 e. The predicted octanol–water partition coefficient (Wildman–Crippen LogP) is 2.36. The van der Waals surface area contributed by atoms with Crippen LogP contribution >= 0.6 is 11.6 Å². The van der Waals surface area contributed by atoms with Crippen molar-refractivity contribution in [2.24, 2.45) is 0 Å². The molecule has 1 aliphatic heterocycles. The van der Waals surface area contributed by atoms with E-state index >= 15 is 0 Å². The number of hydrogen-bond donors (Lipinski definition) is 0. The summed E-state index contributed by atoms with van der Waals surface area (Å²) in [6.07, 6.45) is 1.42. The van der Waals surface area contributed by atoms with E-state index in [4.69, 9.17) is 11.6 Å². The Bertz CT molecular complexity index is 1220. The maximum atomic E-state index is 13.2. The largest absolute Gasteiger partial charge is 0.376 e. The van der Waals surface area contributed by atoms with Crippen molar-refractivity contribution in [2.45, 2.75) is 0 Å². The third-order valence-corrected chi connectivity index (χ3v) is 5.22. The van der Waals surface area contributed by atoms with Gasteiger partial charge in [-0.15, -0.1) is 0 Å². The standard InChI is InChI=1S/C19H15ClFN5O4/c20-14-11-12(21)4-5-13(14)18(27)24-9-7-23(8-10-24)17-16(26(29)30)19(28)25-6-2-1-3-15(25)22-17/h1-6,11H,7-10H2. The van der Waals surface area contributed by atoms with Gasteiger partial charge >= 0.3 is 11.2 Å². The van der Waals surface area contributed by atoms with E-state index in [2.05, 4.69) is 4.98 Å². The number of fused-ring (bicyclic) bond motifs is 1. The number of anilines is 1. The fourth-order valence-corrected chi connectivity index (χ4v) is 3.65. The van der Waals surface area contributed by atoms with Crippen molar-refractivity contribution >= 4 is 34.7 Å². The van der Waals surface area contributed by atoms with E-state index in [0.717, 1.165) is 16.5 Å². The highest BCUT2D eigenvalue weighted by atomic mass is 35.5. The summed E-state index contributed by atoms with van der Waals surface area (Å²) >= 11 is 5.98. The molecule has 0 N–H and O–H groups in total. The van der Waals surface area contributed by atoms with Crippen LogP contribution in [0.15, 0.2) is 47.4 Å². The van der Waals surface area contributed by atoms with E-state index in [1.54, 1.807) is 23.1 Å². The van der Waals surface area contributed by atoms with Crippen LogP contribution in [0.1, 0.15) is 10.4 Å². The number of nitrogens with zero attached hydrogens (tertiary/aromatic N) is 5. The second kappa shape index (κ2) is 7.71. The molecular formula is C19H15ClFN5O4. The van der Waals surface area contributed by atoms with Gasteiger partial charge in [0.2, 0.25) is 5.82 Å². The number of nitro groups is 1. The number of halogens is 2. The molecule has 11 heteroatoms. The fourth-order valence-electron chi connectivity index (χ4n) is 3.40. The minimum absolute atomic E-state index is 0.0160. The first kappa shape index (κ1) is 19.8. The lowest BCUT2D eigenvalue weighted by molar-refractivity contribution is -0.385. The quantitative estimate of drug-likeness (QED) is 0.466. The van der Waals surface area contributed by atoms with Gasteiger partial charge in [0.1, 0.15) is 11.5 Å². The average Bonchev–Trinajstić information content (AvgIpc) is 2.73. The van der Waals surface area contributed by atoms with Crippen molar-refractivity contribution < 1.29 is 14.1 Å². The second-order valence-electron chi connectivity index (χ2n) is 6.68. The molecule has 3 aromatic rings. The van der Waals surface area contributed by atoms with E-state index in [-0.39, 0.29) is 48.5 Å². The molecule has 3 heterocycles. The molecule has 0 saturated carbocycles. The van der Waals surface area contributed by atoms with Crippen LogP contribution < -0.4 is 10.5 Å². The number of pyridine rings is 1. The van der Waals surface area contributed by atoms with Crippen molar-refractivity contribution in [3.05, 3.63) is 79.5 Å². The van der Waals surface area contributed by atoms with Gasteiger partial charge in [0.05, 0.1) is 15.5 Å². The van der Waals surface area contributed by atoms with Crippen LogP contribution in [-0.4, -0.2) is 51.3 Å².